The maximum absolute atomic E-state index is 12.6. The summed E-state index contributed by atoms with van der Waals surface area (Å²) in [6.45, 7) is 13.2. The number of amides is 2. The molecular weight excluding hydrogens is 252 g/mol. The Labute approximate surface area is 123 Å². The Bertz CT molecular complexity index is 358. The second-order valence-electron chi connectivity index (χ2n) is 7.38. The summed E-state index contributed by atoms with van der Waals surface area (Å²) >= 11 is 0. The lowest BCUT2D eigenvalue weighted by Crippen LogP contribution is -2.65. The molecule has 1 aliphatic rings. The van der Waals surface area contributed by atoms with Crippen LogP contribution in [0.1, 0.15) is 60.8 Å². The number of piperazine rings is 1. The highest BCUT2D eigenvalue weighted by atomic mass is 16.2. The molecule has 0 bridgehead atoms. The smallest absolute Gasteiger partial charge is 0.245 e. The van der Waals surface area contributed by atoms with Crippen molar-refractivity contribution in [1.82, 2.24) is 10.2 Å². The third kappa shape index (κ3) is 4.22. The lowest BCUT2D eigenvalue weighted by Gasteiger charge is -2.41. The van der Waals surface area contributed by atoms with E-state index in [1.165, 1.54) is 0 Å². The quantitative estimate of drug-likeness (QED) is 0.842. The van der Waals surface area contributed by atoms with Gasteiger partial charge in [0.2, 0.25) is 11.8 Å². The highest BCUT2D eigenvalue weighted by Crippen LogP contribution is 2.24. The first-order valence-electron chi connectivity index (χ1n) is 7.78. The van der Waals surface area contributed by atoms with E-state index in [9.17, 15) is 9.59 Å². The van der Waals surface area contributed by atoms with Crippen LogP contribution >= 0.6 is 0 Å². The number of nitrogens with one attached hydrogen (secondary N) is 1. The fourth-order valence-electron chi connectivity index (χ4n) is 2.65. The van der Waals surface area contributed by atoms with Gasteiger partial charge in [0.15, 0.2) is 0 Å². The maximum Gasteiger partial charge on any atom is 0.245 e. The van der Waals surface area contributed by atoms with Crippen molar-refractivity contribution in [3.8, 4) is 0 Å². The molecule has 2 amide bonds. The summed E-state index contributed by atoms with van der Waals surface area (Å²) in [5.74, 6) is 0.239. The Kier molecular flexibility index (Phi) is 5.60. The van der Waals surface area contributed by atoms with Crippen LogP contribution in [0.5, 0.6) is 0 Å². The Morgan fingerprint density at radius 3 is 2.30 bits per heavy atom. The molecule has 20 heavy (non-hydrogen) atoms. The molecule has 0 aromatic heterocycles. The van der Waals surface area contributed by atoms with Gasteiger partial charge in [0, 0.05) is 6.54 Å². The monoisotopic (exact) mass is 282 g/mol. The van der Waals surface area contributed by atoms with Crippen molar-refractivity contribution < 1.29 is 9.59 Å². The summed E-state index contributed by atoms with van der Waals surface area (Å²) in [6, 6.07) is -0.652. The van der Waals surface area contributed by atoms with Gasteiger partial charge in [-0.3, -0.25) is 9.59 Å². The predicted molar refractivity (Wildman–Crippen MR) is 81.2 cm³/mol. The van der Waals surface area contributed by atoms with Gasteiger partial charge in [0.1, 0.15) is 12.1 Å². The molecule has 1 fully saturated rings. The van der Waals surface area contributed by atoms with E-state index in [1.807, 2.05) is 25.7 Å². The topological polar surface area (TPSA) is 49.4 Å². The molecule has 0 radical (unpaired) electrons. The molecule has 2 atom stereocenters. The minimum absolute atomic E-state index is 0.00644. The zero-order chi connectivity index (χ0) is 15.5. The predicted octanol–water partition coefficient (Wildman–Crippen LogP) is 2.57. The van der Waals surface area contributed by atoms with E-state index < -0.39 is 0 Å². The molecule has 1 N–H and O–H groups in total. The van der Waals surface area contributed by atoms with Gasteiger partial charge >= 0.3 is 0 Å². The molecule has 4 nitrogen and oxygen atoms in total. The second kappa shape index (κ2) is 6.59. The first-order chi connectivity index (χ1) is 9.17. The second-order valence-corrected chi connectivity index (χ2v) is 7.38. The fourth-order valence-corrected chi connectivity index (χ4v) is 2.65. The molecule has 0 saturated carbocycles. The van der Waals surface area contributed by atoms with Crippen molar-refractivity contribution in [1.29, 1.82) is 0 Å². The van der Waals surface area contributed by atoms with Gasteiger partial charge < -0.3 is 10.2 Å². The van der Waals surface area contributed by atoms with Crippen LogP contribution in [-0.4, -0.2) is 35.3 Å². The molecule has 1 heterocycles. The van der Waals surface area contributed by atoms with E-state index in [0.717, 1.165) is 19.3 Å². The van der Waals surface area contributed by atoms with Crippen LogP contribution in [-0.2, 0) is 9.59 Å². The minimum Gasteiger partial charge on any atom is -0.342 e. The summed E-state index contributed by atoms with van der Waals surface area (Å²) < 4.78 is 0. The lowest BCUT2D eigenvalue weighted by molar-refractivity contribution is -0.151. The first-order valence-corrected chi connectivity index (χ1v) is 7.78. The third-order valence-corrected chi connectivity index (χ3v) is 3.81. The summed E-state index contributed by atoms with van der Waals surface area (Å²) in [6.07, 6.45) is 2.53. The van der Waals surface area contributed by atoms with Gasteiger partial charge in [0.25, 0.3) is 0 Å². The van der Waals surface area contributed by atoms with Gasteiger partial charge in [-0.2, -0.15) is 0 Å². The molecule has 4 heteroatoms. The zero-order valence-electron chi connectivity index (χ0n) is 13.8. The standard InChI is InChI=1S/C16H30N2O2/c1-7-8-12-15(20)18(10-9-16(4,5)6)13(11(2)3)14(19)17-12/h11-13H,7-10H2,1-6H3,(H,17,19). The van der Waals surface area contributed by atoms with Crippen molar-refractivity contribution in [3.05, 3.63) is 0 Å². The van der Waals surface area contributed by atoms with Crippen LogP contribution in [0.25, 0.3) is 0 Å². The Hall–Kier alpha value is -1.06. The number of carbonyl (C=O) groups excluding carboxylic acids is 2. The summed E-state index contributed by atoms with van der Waals surface area (Å²) in [5, 5.41) is 2.90. The molecule has 0 aromatic rings. The highest BCUT2D eigenvalue weighted by molar-refractivity contribution is 5.97. The lowest BCUT2D eigenvalue weighted by atomic mass is 9.90. The van der Waals surface area contributed by atoms with Crippen molar-refractivity contribution in [2.75, 3.05) is 6.54 Å². The van der Waals surface area contributed by atoms with Crippen LogP contribution in [0.4, 0.5) is 0 Å². The Morgan fingerprint density at radius 1 is 1.25 bits per heavy atom. The molecule has 1 aliphatic heterocycles. The van der Waals surface area contributed by atoms with Crippen LogP contribution in [0.15, 0.2) is 0 Å². The molecule has 1 saturated heterocycles. The van der Waals surface area contributed by atoms with Crippen LogP contribution in [0.2, 0.25) is 0 Å². The Morgan fingerprint density at radius 2 is 1.85 bits per heavy atom. The molecule has 0 spiro atoms. The van der Waals surface area contributed by atoms with E-state index in [1.54, 1.807) is 0 Å². The van der Waals surface area contributed by atoms with Gasteiger partial charge in [-0.05, 0) is 24.2 Å². The molecular formula is C16H30N2O2. The van der Waals surface area contributed by atoms with Crippen molar-refractivity contribution in [2.45, 2.75) is 72.9 Å². The number of carbonyl (C=O) groups is 2. The van der Waals surface area contributed by atoms with E-state index >= 15 is 0 Å². The largest absolute Gasteiger partial charge is 0.342 e. The van der Waals surface area contributed by atoms with Crippen molar-refractivity contribution in [2.24, 2.45) is 11.3 Å². The highest BCUT2D eigenvalue weighted by Gasteiger charge is 2.41. The van der Waals surface area contributed by atoms with Crippen molar-refractivity contribution >= 4 is 11.8 Å². The molecule has 0 aromatic carbocycles. The van der Waals surface area contributed by atoms with Gasteiger partial charge in [-0.25, -0.2) is 0 Å². The molecule has 2 unspecified atom stereocenters. The number of hydrogen-bond acceptors (Lipinski definition) is 2. The van der Waals surface area contributed by atoms with Gasteiger partial charge in [-0.1, -0.05) is 48.0 Å². The molecule has 116 valence electrons. The van der Waals surface area contributed by atoms with Gasteiger partial charge in [-0.15, -0.1) is 0 Å². The minimum atomic E-state index is -0.331. The fraction of sp³-hybridized carbons (Fsp3) is 0.875. The maximum atomic E-state index is 12.6. The van der Waals surface area contributed by atoms with Gasteiger partial charge in [0.05, 0.1) is 0 Å². The molecule has 0 aliphatic carbocycles. The zero-order valence-corrected chi connectivity index (χ0v) is 13.8. The van der Waals surface area contributed by atoms with Crippen LogP contribution in [0, 0.1) is 11.3 Å². The van der Waals surface area contributed by atoms with E-state index in [2.05, 4.69) is 26.1 Å². The number of nitrogens with zero attached hydrogens (tertiary/aromatic N) is 1. The van der Waals surface area contributed by atoms with Crippen molar-refractivity contribution in [3.63, 3.8) is 0 Å². The number of hydrogen-bond donors (Lipinski definition) is 1. The average Bonchev–Trinajstić information content (AvgIpc) is 2.29. The summed E-state index contributed by atoms with van der Waals surface area (Å²) in [7, 11) is 0. The van der Waals surface area contributed by atoms with E-state index in [0.29, 0.717) is 6.54 Å². The summed E-state index contributed by atoms with van der Waals surface area (Å²) in [4.78, 5) is 26.7. The third-order valence-electron chi connectivity index (χ3n) is 3.81. The molecule has 1 rings (SSSR count). The first kappa shape index (κ1) is 17.0. The Balaban J connectivity index is 2.90. The number of rotatable bonds is 5. The van der Waals surface area contributed by atoms with E-state index in [-0.39, 0.29) is 35.2 Å². The normalized spacial score (nSPS) is 24.2. The SMILES string of the molecule is CCCC1NC(=O)C(C(C)C)N(CCC(C)(C)C)C1=O. The van der Waals surface area contributed by atoms with Crippen LogP contribution < -0.4 is 5.32 Å². The van der Waals surface area contributed by atoms with E-state index in [4.69, 9.17) is 0 Å². The summed E-state index contributed by atoms with van der Waals surface area (Å²) in [5.41, 5.74) is 0.163. The van der Waals surface area contributed by atoms with Crippen LogP contribution in [0.3, 0.4) is 0 Å². The average molecular weight is 282 g/mol.